The van der Waals surface area contributed by atoms with Gasteiger partial charge in [-0.2, -0.15) is 0 Å². The van der Waals surface area contributed by atoms with E-state index >= 15 is 0 Å². The summed E-state index contributed by atoms with van der Waals surface area (Å²) in [6.07, 6.45) is -0.819. The maximum atomic E-state index is 12.2. The first-order chi connectivity index (χ1) is 10.5. The molecular formula is C16H16O5S. The van der Waals surface area contributed by atoms with Gasteiger partial charge in [-0.05, 0) is 31.4 Å². The highest BCUT2D eigenvalue weighted by molar-refractivity contribution is 7.80. The molecule has 0 aliphatic heterocycles. The van der Waals surface area contributed by atoms with Gasteiger partial charge >= 0.3 is 12.1 Å². The lowest BCUT2D eigenvalue weighted by Gasteiger charge is -2.12. The Balaban J connectivity index is 2.48. The molecule has 2 aromatic carbocycles. The molecule has 1 unspecified atom stereocenters. The molecule has 0 fully saturated rings. The van der Waals surface area contributed by atoms with E-state index < -0.39 is 17.6 Å². The van der Waals surface area contributed by atoms with Gasteiger partial charge in [-0.25, -0.2) is 9.59 Å². The van der Waals surface area contributed by atoms with Crippen LogP contribution in [-0.2, 0) is 9.47 Å². The molecule has 0 aliphatic rings. The van der Waals surface area contributed by atoms with Gasteiger partial charge in [-0.1, -0.05) is 24.3 Å². The molecule has 5 nitrogen and oxygen atoms in total. The molecule has 2 rings (SSSR count). The predicted octanol–water partition coefficient (Wildman–Crippen LogP) is 3.81. The molecule has 2 aromatic rings. The van der Waals surface area contributed by atoms with Crippen LogP contribution in [0.25, 0.3) is 10.8 Å². The summed E-state index contributed by atoms with van der Waals surface area (Å²) in [6, 6.07) is 10.3. The Morgan fingerprint density at radius 2 is 1.86 bits per heavy atom. The van der Waals surface area contributed by atoms with Crippen LogP contribution < -0.4 is 4.74 Å². The van der Waals surface area contributed by atoms with Gasteiger partial charge in [0.25, 0.3) is 0 Å². The van der Waals surface area contributed by atoms with Gasteiger partial charge in [0.2, 0.25) is 0 Å². The zero-order valence-corrected chi connectivity index (χ0v) is 13.1. The number of ether oxygens (including phenoxy) is 3. The van der Waals surface area contributed by atoms with Gasteiger partial charge in [0.05, 0.1) is 12.2 Å². The highest BCUT2D eigenvalue weighted by Crippen LogP contribution is 2.30. The van der Waals surface area contributed by atoms with Gasteiger partial charge in [0, 0.05) is 5.39 Å². The van der Waals surface area contributed by atoms with Crippen molar-refractivity contribution in [2.24, 2.45) is 0 Å². The Hall–Kier alpha value is -2.21. The fourth-order valence-corrected chi connectivity index (χ4v) is 2.11. The van der Waals surface area contributed by atoms with E-state index in [1.807, 2.05) is 12.1 Å². The summed E-state index contributed by atoms with van der Waals surface area (Å²) < 4.78 is 15.1. The van der Waals surface area contributed by atoms with Crippen molar-refractivity contribution >= 4 is 35.5 Å². The first-order valence-corrected chi connectivity index (χ1v) is 7.30. The Morgan fingerprint density at radius 3 is 2.50 bits per heavy atom. The lowest BCUT2D eigenvalue weighted by Crippen LogP contribution is -2.13. The van der Waals surface area contributed by atoms with Crippen LogP contribution in [0, 0.1) is 0 Å². The number of benzene rings is 2. The summed E-state index contributed by atoms with van der Waals surface area (Å²) >= 11 is 4.04. The monoisotopic (exact) mass is 320 g/mol. The largest absolute Gasteiger partial charge is 0.513 e. The van der Waals surface area contributed by atoms with E-state index in [0.29, 0.717) is 10.9 Å². The molecule has 0 N–H and O–H groups in total. The minimum absolute atomic E-state index is 0.204. The topological polar surface area (TPSA) is 61.8 Å². The van der Waals surface area contributed by atoms with E-state index in [0.717, 1.165) is 5.39 Å². The van der Waals surface area contributed by atoms with Gasteiger partial charge in [0.1, 0.15) is 11.2 Å². The SMILES string of the molecule is CCOC(=O)Oc1cccc2cccc(C(=O)OC(C)S)c12. The molecule has 116 valence electrons. The molecule has 0 aliphatic carbocycles. The van der Waals surface area contributed by atoms with Crippen LogP contribution in [0.5, 0.6) is 5.75 Å². The second-order valence-electron chi connectivity index (χ2n) is 4.45. The van der Waals surface area contributed by atoms with Crippen LogP contribution >= 0.6 is 12.6 Å². The number of hydrogen-bond donors (Lipinski definition) is 1. The molecule has 0 radical (unpaired) electrons. The van der Waals surface area contributed by atoms with E-state index in [1.165, 1.54) is 0 Å². The fourth-order valence-electron chi connectivity index (χ4n) is 2.02. The number of esters is 1. The lowest BCUT2D eigenvalue weighted by atomic mass is 10.0. The van der Waals surface area contributed by atoms with Crippen molar-refractivity contribution in [2.45, 2.75) is 19.3 Å². The van der Waals surface area contributed by atoms with Gasteiger partial charge in [-0.3, -0.25) is 0 Å². The van der Waals surface area contributed by atoms with Crippen molar-refractivity contribution in [3.63, 3.8) is 0 Å². The van der Waals surface area contributed by atoms with E-state index in [2.05, 4.69) is 12.6 Å². The number of hydrogen-bond acceptors (Lipinski definition) is 6. The maximum Gasteiger partial charge on any atom is 0.513 e. The average Bonchev–Trinajstić information content (AvgIpc) is 2.46. The van der Waals surface area contributed by atoms with Crippen LogP contribution in [0.15, 0.2) is 36.4 Å². The van der Waals surface area contributed by atoms with Crippen LogP contribution in [0.4, 0.5) is 4.79 Å². The number of carbonyl (C=O) groups is 2. The second kappa shape index (κ2) is 7.17. The molecule has 22 heavy (non-hydrogen) atoms. The van der Waals surface area contributed by atoms with Crippen molar-refractivity contribution in [1.29, 1.82) is 0 Å². The van der Waals surface area contributed by atoms with Crippen molar-refractivity contribution in [2.75, 3.05) is 6.61 Å². The zero-order chi connectivity index (χ0) is 16.1. The Kier molecular flexibility index (Phi) is 5.27. The third-order valence-corrected chi connectivity index (χ3v) is 2.92. The van der Waals surface area contributed by atoms with Crippen molar-refractivity contribution in [1.82, 2.24) is 0 Å². The first kappa shape index (κ1) is 16.2. The third kappa shape index (κ3) is 3.71. The predicted molar refractivity (Wildman–Crippen MR) is 85.5 cm³/mol. The molecule has 0 aromatic heterocycles. The number of thiol groups is 1. The highest BCUT2D eigenvalue weighted by Gasteiger charge is 2.18. The molecule has 0 heterocycles. The molecule has 0 saturated carbocycles. The standard InChI is InChI=1S/C16H16O5S/c1-3-19-16(18)21-13-9-5-7-11-6-4-8-12(14(11)13)15(17)20-10(2)22/h4-10,22H,3H2,1-2H3. The fraction of sp³-hybridized carbons (Fsp3) is 0.250. The van der Waals surface area contributed by atoms with E-state index in [9.17, 15) is 9.59 Å². The number of rotatable bonds is 4. The minimum Gasteiger partial charge on any atom is -0.448 e. The lowest BCUT2D eigenvalue weighted by molar-refractivity contribution is 0.0486. The van der Waals surface area contributed by atoms with Crippen LogP contribution in [0.3, 0.4) is 0 Å². The number of fused-ring (bicyclic) bond motifs is 1. The Bertz CT molecular complexity index is 691. The summed E-state index contributed by atoms with van der Waals surface area (Å²) in [7, 11) is 0. The molecule has 1 atom stereocenters. The van der Waals surface area contributed by atoms with E-state index in [1.54, 1.807) is 38.1 Å². The van der Waals surface area contributed by atoms with Crippen molar-refractivity contribution < 1.29 is 23.8 Å². The smallest absolute Gasteiger partial charge is 0.448 e. The summed E-state index contributed by atoms with van der Waals surface area (Å²) in [5.74, 6) is -0.289. The van der Waals surface area contributed by atoms with E-state index in [4.69, 9.17) is 14.2 Å². The van der Waals surface area contributed by atoms with Crippen LogP contribution in [0.2, 0.25) is 0 Å². The molecule has 0 amide bonds. The third-order valence-electron chi connectivity index (χ3n) is 2.82. The molecule has 0 bridgehead atoms. The van der Waals surface area contributed by atoms with Gasteiger partial charge in [0.15, 0.2) is 0 Å². The second-order valence-corrected chi connectivity index (χ2v) is 5.18. The van der Waals surface area contributed by atoms with Gasteiger partial charge < -0.3 is 14.2 Å². The highest BCUT2D eigenvalue weighted by atomic mass is 32.1. The molecule has 0 spiro atoms. The summed E-state index contributed by atoms with van der Waals surface area (Å²) in [5, 5.41) is 1.25. The summed E-state index contributed by atoms with van der Waals surface area (Å²) in [5.41, 5.74) is -0.237. The van der Waals surface area contributed by atoms with Crippen LogP contribution in [-0.4, -0.2) is 24.2 Å². The zero-order valence-electron chi connectivity index (χ0n) is 12.2. The van der Waals surface area contributed by atoms with Gasteiger partial charge in [-0.15, -0.1) is 12.6 Å². The summed E-state index contributed by atoms with van der Waals surface area (Å²) in [4.78, 5) is 23.7. The Labute approximate surface area is 133 Å². The van der Waals surface area contributed by atoms with Crippen molar-refractivity contribution in [3.8, 4) is 5.75 Å². The molecule has 0 saturated heterocycles. The quantitative estimate of drug-likeness (QED) is 0.402. The first-order valence-electron chi connectivity index (χ1n) is 6.78. The minimum atomic E-state index is -0.819. The number of carbonyl (C=O) groups excluding carboxylic acids is 2. The normalized spacial score (nSPS) is 11.8. The maximum absolute atomic E-state index is 12.2. The van der Waals surface area contributed by atoms with Crippen molar-refractivity contribution in [3.05, 3.63) is 42.0 Å². The van der Waals surface area contributed by atoms with E-state index in [-0.39, 0.29) is 12.4 Å². The van der Waals surface area contributed by atoms with Crippen LogP contribution in [0.1, 0.15) is 24.2 Å². The average molecular weight is 320 g/mol. The molecular weight excluding hydrogens is 304 g/mol. The molecule has 6 heteroatoms. The summed E-state index contributed by atoms with van der Waals surface area (Å²) in [6.45, 7) is 3.53. The Morgan fingerprint density at radius 1 is 1.18 bits per heavy atom.